The van der Waals surface area contributed by atoms with Gasteiger partial charge in [0, 0.05) is 18.3 Å². The van der Waals surface area contributed by atoms with Gasteiger partial charge in [-0.2, -0.15) is 0 Å². The highest BCUT2D eigenvalue weighted by Gasteiger charge is 2.22. The zero-order valence-corrected chi connectivity index (χ0v) is 10.9. The summed E-state index contributed by atoms with van der Waals surface area (Å²) in [6.45, 7) is 1.78. The van der Waals surface area contributed by atoms with E-state index in [1.165, 1.54) is 30.1 Å². The summed E-state index contributed by atoms with van der Waals surface area (Å²) in [5, 5.41) is 12.3. The molecule has 0 spiro atoms. The lowest BCUT2D eigenvalue weighted by Crippen LogP contribution is -2.42. The molecule has 3 N–H and O–H groups in total. The van der Waals surface area contributed by atoms with Gasteiger partial charge in [0.1, 0.15) is 10.9 Å². The number of H-pyrrole nitrogens is 1. The molecule has 2 aromatic heterocycles. The number of thiazole rings is 1. The molecule has 0 saturated heterocycles. The number of aromatic nitrogens is 3. The second-order valence-corrected chi connectivity index (χ2v) is 5.12. The van der Waals surface area contributed by atoms with Crippen LogP contribution in [-0.4, -0.2) is 38.0 Å². The van der Waals surface area contributed by atoms with Crippen molar-refractivity contribution in [2.45, 2.75) is 19.4 Å². The van der Waals surface area contributed by atoms with E-state index in [0.717, 1.165) is 5.01 Å². The average Bonchev–Trinajstić information content (AvgIpc) is 2.99. The van der Waals surface area contributed by atoms with Crippen LogP contribution < -0.4 is 5.32 Å². The number of imidazole rings is 1. The van der Waals surface area contributed by atoms with Crippen LogP contribution in [0.5, 0.6) is 0 Å². The van der Waals surface area contributed by atoms with Crippen LogP contribution in [0, 0.1) is 6.92 Å². The Kier molecular flexibility index (Phi) is 3.91. The molecule has 0 aliphatic rings. The van der Waals surface area contributed by atoms with Crippen molar-refractivity contribution in [1.29, 1.82) is 0 Å². The molecule has 0 fully saturated rings. The van der Waals surface area contributed by atoms with Crippen LogP contribution in [0.1, 0.15) is 20.4 Å². The van der Waals surface area contributed by atoms with Crippen molar-refractivity contribution in [2.75, 3.05) is 0 Å². The third-order valence-electron chi connectivity index (χ3n) is 2.43. The summed E-state index contributed by atoms with van der Waals surface area (Å²) in [7, 11) is 0. The second kappa shape index (κ2) is 5.61. The first-order valence-electron chi connectivity index (χ1n) is 5.49. The number of hydrogen-bond donors (Lipinski definition) is 3. The topological polar surface area (TPSA) is 108 Å². The lowest BCUT2D eigenvalue weighted by Gasteiger charge is -2.12. The number of carbonyl (C=O) groups excluding carboxylic acids is 1. The monoisotopic (exact) mass is 280 g/mol. The van der Waals surface area contributed by atoms with E-state index in [1.54, 1.807) is 6.92 Å². The Morgan fingerprint density at radius 2 is 2.32 bits per heavy atom. The van der Waals surface area contributed by atoms with E-state index in [2.05, 4.69) is 20.3 Å². The maximum absolute atomic E-state index is 11.9. The van der Waals surface area contributed by atoms with Crippen LogP contribution in [0.15, 0.2) is 18.7 Å². The molecule has 0 unspecified atom stereocenters. The molecule has 7 nitrogen and oxygen atoms in total. The molecule has 0 saturated carbocycles. The minimum Gasteiger partial charge on any atom is -0.480 e. The number of aryl methyl sites for hydroxylation is 1. The van der Waals surface area contributed by atoms with Crippen LogP contribution in [0.3, 0.4) is 0 Å². The Hall–Kier alpha value is -2.22. The smallest absolute Gasteiger partial charge is 0.326 e. The average molecular weight is 280 g/mol. The van der Waals surface area contributed by atoms with Crippen LogP contribution >= 0.6 is 11.3 Å². The van der Waals surface area contributed by atoms with E-state index in [0.29, 0.717) is 10.6 Å². The predicted octanol–water partition coefficient (Wildman–Crippen LogP) is 0.600. The molecule has 0 aromatic carbocycles. The molecule has 19 heavy (non-hydrogen) atoms. The Morgan fingerprint density at radius 1 is 1.53 bits per heavy atom. The number of aromatic amines is 1. The van der Waals surface area contributed by atoms with Gasteiger partial charge in [-0.05, 0) is 6.92 Å². The van der Waals surface area contributed by atoms with E-state index in [4.69, 9.17) is 5.11 Å². The van der Waals surface area contributed by atoms with Crippen LogP contribution in [-0.2, 0) is 11.2 Å². The van der Waals surface area contributed by atoms with Crippen molar-refractivity contribution in [2.24, 2.45) is 0 Å². The second-order valence-electron chi connectivity index (χ2n) is 3.89. The number of nitrogens with one attached hydrogen (secondary N) is 2. The first-order chi connectivity index (χ1) is 9.06. The van der Waals surface area contributed by atoms with Gasteiger partial charge in [0.2, 0.25) is 0 Å². The summed E-state index contributed by atoms with van der Waals surface area (Å²) in [4.78, 5) is 34.0. The molecule has 100 valence electrons. The summed E-state index contributed by atoms with van der Waals surface area (Å²) in [6.07, 6.45) is 4.57. The summed E-state index contributed by atoms with van der Waals surface area (Å²) >= 11 is 1.22. The van der Waals surface area contributed by atoms with E-state index < -0.39 is 17.9 Å². The Morgan fingerprint density at radius 3 is 2.84 bits per heavy atom. The van der Waals surface area contributed by atoms with Crippen LogP contribution in [0.4, 0.5) is 0 Å². The molecule has 0 aliphatic carbocycles. The SMILES string of the molecule is Cc1ncc(C(=O)N[C@H](Cc2cnc[nH]2)C(=O)O)s1. The molecular formula is C11H12N4O3S. The van der Waals surface area contributed by atoms with Gasteiger partial charge in [0.15, 0.2) is 0 Å². The first kappa shape index (κ1) is 13.2. The quantitative estimate of drug-likeness (QED) is 0.743. The van der Waals surface area contributed by atoms with Crippen molar-refractivity contribution < 1.29 is 14.7 Å². The van der Waals surface area contributed by atoms with Gasteiger partial charge in [-0.25, -0.2) is 14.8 Å². The summed E-state index contributed by atoms with van der Waals surface area (Å²) < 4.78 is 0. The highest BCUT2D eigenvalue weighted by molar-refractivity contribution is 7.13. The van der Waals surface area contributed by atoms with Gasteiger partial charge >= 0.3 is 5.97 Å². The zero-order chi connectivity index (χ0) is 13.8. The van der Waals surface area contributed by atoms with Gasteiger partial charge in [0.25, 0.3) is 5.91 Å². The summed E-state index contributed by atoms with van der Waals surface area (Å²) in [5.74, 6) is -1.53. The van der Waals surface area contributed by atoms with Crippen LogP contribution in [0.2, 0.25) is 0 Å². The fourth-order valence-corrected chi connectivity index (χ4v) is 2.19. The fourth-order valence-electron chi connectivity index (χ4n) is 1.51. The molecular weight excluding hydrogens is 268 g/mol. The van der Waals surface area contributed by atoms with Gasteiger partial charge in [-0.1, -0.05) is 0 Å². The van der Waals surface area contributed by atoms with Gasteiger partial charge in [0.05, 0.1) is 17.5 Å². The normalized spacial score (nSPS) is 12.1. The molecule has 0 radical (unpaired) electrons. The first-order valence-corrected chi connectivity index (χ1v) is 6.31. The minimum atomic E-state index is -1.09. The number of carboxylic acids is 1. The third kappa shape index (κ3) is 3.38. The molecule has 1 atom stereocenters. The van der Waals surface area contributed by atoms with Gasteiger partial charge < -0.3 is 15.4 Å². The lowest BCUT2D eigenvalue weighted by molar-refractivity contribution is -0.139. The molecule has 2 heterocycles. The maximum atomic E-state index is 11.9. The summed E-state index contributed by atoms with van der Waals surface area (Å²) in [5.41, 5.74) is 0.646. The van der Waals surface area contributed by atoms with Gasteiger partial charge in [-0.15, -0.1) is 11.3 Å². The summed E-state index contributed by atoms with van der Waals surface area (Å²) in [6, 6.07) is -1.00. The van der Waals surface area contributed by atoms with Crippen LogP contribution in [0.25, 0.3) is 0 Å². The van der Waals surface area contributed by atoms with E-state index in [1.807, 2.05) is 0 Å². The number of rotatable bonds is 5. The molecule has 0 aliphatic heterocycles. The zero-order valence-electron chi connectivity index (χ0n) is 10.1. The third-order valence-corrected chi connectivity index (χ3v) is 3.34. The largest absolute Gasteiger partial charge is 0.480 e. The highest BCUT2D eigenvalue weighted by atomic mass is 32.1. The highest BCUT2D eigenvalue weighted by Crippen LogP contribution is 2.11. The maximum Gasteiger partial charge on any atom is 0.326 e. The van der Waals surface area contributed by atoms with Crippen molar-refractivity contribution in [3.63, 3.8) is 0 Å². The Labute approximate surface area is 112 Å². The molecule has 1 amide bonds. The van der Waals surface area contributed by atoms with Crippen molar-refractivity contribution in [1.82, 2.24) is 20.3 Å². The molecule has 0 bridgehead atoms. The number of amides is 1. The van der Waals surface area contributed by atoms with E-state index in [-0.39, 0.29) is 6.42 Å². The standard InChI is InChI=1S/C11H12N4O3S/c1-6-13-4-9(19-6)10(16)15-8(11(17)18)2-7-3-12-5-14-7/h3-5,8H,2H2,1H3,(H,12,14)(H,15,16)(H,17,18)/t8-/m1/s1. The van der Waals surface area contributed by atoms with Crippen molar-refractivity contribution >= 4 is 23.2 Å². The molecule has 2 aromatic rings. The number of hydrogen-bond acceptors (Lipinski definition) is 5. The Bertz CT molecular complexity index is 579. The number of nitrogens with zero attached hydrogens (tertiary/aromatic N) is 2. The van der Waals surface area contributed by atoms with Gasteiger partial charge in [-0.3, -0.25) is 4.79 Å². The number of carboxylic acid groups (broad SMARTS) is 1. The predicted molar refractivity (Wildman–Crippen MR) is 68.0 cm³/mol. The minimum absolute atomic E-state index is 0.152. The Balaban J connectivity index is 2.04. The van der Waals surface area contributed by atoms with E-state index in [9.17, 15) is 9.59 Å². The number of carbonyl (C=O) groups is 2. The van der Waals surface area contributed by atoms with Crippen molar-refractivity contribution in [3.8, 4) is 0 Å². The van der Waals surface area contributed by atoms with E-state index >= 15 is 0 Å². The van der Waals surface area contributed by atoms with Crippen molar-refractivity contribution in [3.05, 3.63) is 34.3 Å². The number of aliphatic carboxylic acids is 1. The molecule has 8 heteroatoms. The molecule has 2 rings (SSSR count). The lowest BCUT2D eigenvalue weighted by atomic mass is 10.1. The fraction of sp³-hybridized carbons (Fsp3) is 0.273.